The first-order valence-electron chi connectivity index (χ1n) is 9.54. The van der Waals surface area contributed by atoms with Crippen LogP contribution in [0.5, 0.6) is 5.75 Å². The Kier molecular flexibility index (Phi) is 6.82. The number of carbonyl (C=O) groups is 1. The monoisotopic (exact) mass is 394 g/mol. The van der Waals surface area contributed by atoms with Crippen LogP contribution in [0.3, 0.4) is 0 Å². The van der Waals surface area contributed by atoms with E-state index in [4.69, 9.17) is 4.74 Å². The fraction of sp³-hybridized carbons (Fsp3) is 0.304. The third-order valence-electron chi connectivity index (χ3n) is 4.56. The fourth-order valence-corrected chi connectivity index (χ4v) is 3.63. The smallest absolute Gasteiger partial charge is 0.226 e. The van der Waals surface area contributed by atoms with Crippen LogP contribution in [-0.4, -0.2) is 10.9 Å². The Labute approximate surface area is 170 Å². The molecule has 0 aliphatic heterocycles. The number of carbonyl (C=O) groups excluding carboxylic acids is 1. The highest BCUT2D eigenvalue weighted by atomic mass is 32.1. The molecule has 0 aliphatic carbocycles. The van der Waals surface area contributed by atoms with Crippen molar-refractivity contribution in [3.05, 3.63) is 81.3 Å². The number of hydrogen-bond acceptors (Lipinski definition) is 4. The molecule has 1 N–H and O–H groups in total. The van der Waals surface area contributed by atoms with E-state index >= 15 is 0 Å². The van der Waals surface area contributed by atoms with Gasteiger partial charge in [-0.2, -0.15) is 0 Å². The molecule has 1 atom stereocenters. The second-order valence-corrected chi connectivity index (χ2v) is 7.84. The Morgan fingerprint density at radius 3 is 2.71 bits per heavy atom. The van der Waals surface area contributed by atoms with Gasteiger partial charge in [0.1, 0.15) is 17.4 Å². The lowest BCUT2D eigenvalue weighted by Crippen LogP contribution is -2.28. The highest BCUT2D eigenvalue weighted by Crippen LogP contribution is 2.18. The molecule has 1 aromatic heterocycles. The van der Waals surface area contributed by atoms with Crippen molar-refractivity contribution in [1.82, 2.24) is 10.3 Å². The second kappa shape index (κ2) is 9.51. The minimum absolute atomic E-state index is 0.0245. The third kappa shape index (κ3) is 5.67. The highest BCUT2D eigenvalue weighted by molar-refractivity contribution is 7.09. The number of benzene rings is 2. The van der Waals surface area contributed by atoms with Gasteiger partial charge < -0.3 is 10.1 Å². The van der Waals surface area contributed by atoms with Crippen molar-refractivity contribution in [2.24, 2.45) is 0 Å². The Morgan fingerprint density at radius 2 is 2.00 bits per heavy atom. The summed E-state index contributed by atoms with van der Waals surface area (Å²) in [5.41, 5.74) is 4.34. The van der Waals surface area contributed by atoms with Crippen molar-refractivity contribution < 1.29 is 9.53 Å². The van der Waals surface area contributed by atoms with Crippen LogP contribution in [0.1, 0.15) is 47.3 Å². The lowest BCUT2D eigenvalue weighted by atomic mass is 10.0. The van der Waals surface area contributed by atoms with Crippen LogP contribution >= 0.6 is 11.3 Å². The Balaban J connectivity index is 1.50. The first-order valence-corrected chi connectivity index (χ1v) is 10.4. The van der Waals surface area contributed by atoms with Gasteiger partial charge in [-0.1, -0.05) is 43.3 Å². The van der Waals surface area contributed by atoms with E-state index in [1.807, 2.05) is 43.5 Å². The summed E-state index contributed by atoms with van der Waals surface area (Å²) in [4.78, 5) is 16.9. The normalized spacial score (nSPS) is 11.8. The van der Waals surface area contributed by atoms with Crippen molar-refractivity contribution >= 4 is 17.2 Å². The van der Waals surface area contributed by atoms with Crippen LogP contribution in [0.4, 0.5) is 0 Å². The number of nitrogens with zero attached hydrogens (tertiary/aromatic N) is 1. The molecule has 0 aliphatic rings. The largest absolute Gasteiger partial charge is 0.486 e. The number of thiazole rings is 1. The standard InChI is InChI=1S/C23H26N2O2S/c1-4-18-8-10-19(11-9-18)17(3)24-22(26)13-20-15-28-23(25-20)14-27-21-7-5-6-16(2)12-21/h5-12,15,17H,4,13-14H2,1-3H3,(H,24,26)/t17-/m0/s1. The molecule has 0 spiro atoms. The maximum absolute atomic E-state index is 12.4. The second-order valence-electron chi connectivity index (χ2n) is 6.90. The summed E-state index contributed by atoms with van der Waals surface area (Å²) >= 11 is 1.52. The van der Waals surface area contributed by atoms with Gasteiger partial charge >= 0.3 is 0 Å². The summed E-state index contributed by atoms with van der Waals surface area (Å²) in [5, 5.41) is 5.84. The van der Waals surface area contributed by atoms with Crippen LogP contribution in [0.25, 0.3) is 0 Å². The number of hydrogen-bond donors (Lipinski definition) is 1. The summed E-state index contributed by atoms with van der Waals surface area (Å²) in [5.74, 6) is 0.806. The summed E-state index contributed by atoms with van der Waals surface area (Å²) in [7, 11) is 0. The molecule has 2 aromatic carbocycles. The van der Waals surface area contributed by atoms with E-state index in [1.54, 1.807) is 0 Å². The van der Waals surface area contributed by atoms with E-state index < -0.39 is 0 Å². The quantitative estimate of drug-likeness (QED) is 0.584. The van der Waals surface area contributed by atoms with Crippen LogP contribution in [0.2, 0.25) is 0 Å². The van der Waals surface area contributed by atoms with Crippen molar-refractivity contribution in [2.45, 2.75) is 46.3 Å². The van der Waals surface area contributed by atoms with Crippen molar-refractivity contribution in [3.8, 4) is 5.75 Å². The molecule has 0 unspecified atom stereocenters. The molecule has 5 heteroatoms. The SMILES string of the molecule is CCc1ccc([C@H](C)NC(=O)Cc2csc(COc3cccc(C)c3)n2)cc1. The van der Waals surface area contributed by atoms with Gasteiger partial charge in [-0.05, 0) is 49.1 Å². The number of amides is 1. The Hall–Kier alpha value is -2.66. The molecule has 0 bridgehead atoms. The Bertz CT molecular complexity index is 918. The first kappa shape index (κ1) is 20.1. The van der Waals surface area contributed by atoms with Gasteiger partial charge in [0.15, 0.2) is 0 Å². The van der Waals surface area contributed by atoms with E-state index in [0.717, 1.165) is 34.0 Å². The minimum atomic E-state index is -0.0267. The molecule has 1 amide bonds. The number of nitrogens with one attached hydrogen (secondary N) is 1. The molecule has 0 radical (unpaired) electrons. The van der Waals surface area contributed by atoms with Gasteiger partial charge in [0.05, 0.1) is 18.2 Å². The fourth-order valence-electron chi connectivity index (χ4n) is 2.93. The van der Waals surface area contributed by atoms with Gasteiger partial charge in [-0.15, -0.1) is 11.3 Å². The molecule has 4 nitrogen and oxygen atoms in total. The minimum Gasteiger partial charge on any atom is -0.486 e. The summed E-state index contributed by atoms with van der Waals surface area (Å²) in [6.07, 6.45) is 1.29. The zero-order valence-corrected chi connectivity index (χ0v) is 17.4. The van der Waals surface area contributed by atoms with Gasteiger partial charge in [0, 0.05) is 5.38 Å². The molecular weight excluding hydrogens is 368 g/mol. The lowest BCUT2D eigenvalue weighted by Gasteiger charge is -2.14. The van der Waals surface area contributed by atoms with Crippen LogP contribution in [-0.2, 0) is 24.2 Å². The molecule has 0 saturated heterocycles. The van der Waals surface area contributed by atoms with E-state index in [2.05, 4.69) is 41.5 Å². The maximum Gasteiger partial charge on any atom is 0.226 e. The van der Waals surface area contributed by atoms with Crippen molar-refractivity contribution in [3.63, 3.8) is 0 Å². The first-order chi connectivity index (χ1) is 13.5. The molecular formula is C23H26N2O2S. The molecule has 28 heavy (non-hydrogen) atoms. The Morgan fingerprint density at radius 1 is 1.21 bits per heavy atom. The zero-order valence-electron chi connectivity index (χ0n) is 16.6. The number of rotatable bonds is 8. The molecule has 0 fully saturated rings. The predicted molar refractivity (Wildman–Crippen MR) is 114 cm³/mol. The van der Waals surface area contributed by atoms with E-state index in [0.29, 0.717) is 6.61 Å². The summed E-state index contributed by atoms with van der Waals surface area (Å²) in [6.45, 7) is 6.58. The van der Waals surface area contributed by atoms with Gasteiger partial charge in [0.2, 0.25) is 5.91 Å². The summed E-state index contributed by atoms with van der Waals surface area (Å²) in [6, 6.07) is 16.3. The summed E-state index contributed by atoms with van der Waals surface area (Å²) < 4.78 is 5.78. The van der Waals surface area contributed by atoms with Crippen molar-refractivity contribution in [1.29, 1.82) is 0 Å². The van der Waals surface area contributed by atoms with Crippen LogP contribution < -0.4 is 10.1 Å². The van der Waals surface area contributed by atoms with Gasteiger partial charge in [0.25, 0.3) is 0 Å². The molecule has 3 aromatic rings. The van der Waals surface area contributed by atoms with Crippen LogP contribution in [0, 0.1) is 6.92 Å². The zero-order chi connectivity index (χ0) is 19.9. The highest BCUT2D eigenvalue weighted by Gasteiger charge is 2.12. The molecule has 146 valence electrons. The van der Waals surface area contributed by atoms with Crippen molar-refractivity contribution in [2.75, 3.05) is 0 Å². The number of aryl methyl sites for hydroxylation is 2. The topological polar surface area (TPSA) is 51.2 Å². The van der Waals surface area contributed by atoms with Gasteiger partial charge in [-0.3, -0.25) is 4.79 Å². The predicted octanol–water partition coefficient (Wildman–Crippen LogP) is 5.01. The van der Waals surface area contributed by atoms with Gasteiger partial charge in [-0.25, -0.2) is 4.98 Å². The maximum atomic E-state index is 12.4. The average molecular weight is 395 g/mol. The third-order valence-corrected chi connectivity index (χ3v) is 5.43. The average Bonchev–Trinajstić information content (AvgIpc) is 3.13. The lowest BCUT2D eigenvalue weighted by molar-refractivity contribution is -0.121. The molecule has 1 heterocycles. The number of ether oxygens (including phenoxy) is 1. The van der Waals surface area contributed by atoms with E-state index in [1.165, 1.54) is 16.9 Å². The molecule has 0 saturated carbocycles. The van der Waals surface area contributed by atoms with Crippen LogP contribution in [0.15, 0.2) is 53.9 Å². The molecule has 3 rings (SSSR count). The number of aromatic nitrogens is 1. The van der Waals surface area contributed by atoms with E-state index in [9.17, 15) is 4.79 Å². The van der Waals surface area contributed by atoms with E-state index in [-0.39, 0.29) is 18.4 Å².